The maximum atomic E-state index is 10.8. The SMILES string of the molecule is COC(=O)CC1(O)CCNC1.Cl. The number of rotatable bonds is 2. The fourth-order valence-corrected chi connectivity index (χ4v) is 1.22. The highest BCUT2D eigenvalue weighted by Gasteiger charge is 2.33. The van der Waals surface area contributed by atoms with Gasteiger partial charge in [0.25, 0.3) is 0 Å². The van der Waals surface area contributed by atoms with Crippen LogP contribution in [-0.2, 0) is 9.53 Å². The van der Waals surface area contributed by atoms with E-state index in [1.54, 1.807) is 0 Å². The maximum Gasteiger partial charge on any atom is 0.308 e. The summed E-state index contributed by atoms with van der Waals surface area (Å²) in [6.45, 7) is 1.26. The first-order chi connectivity index (χ1) is 5.16. The first-order valence-corrected chi connectivity index (χ1v) is 3.66. The largest absolute Gasteiger partial charge is 0.469 e. The van der Waals surface area contributed by atoms with Crippen LogP contribution in [0.5, 0.6) is 0 Å². The molecule has 0 saturated carbocycles. The fraction of sp³-hybridized carbons (Fsp3) is 0.857. The van der Waals surface area contributed by atoms with Crippen LogP contribution in [0.3, 0.4) is 0 Å². The van der Waals surface area contributed by atoms with Gasteiger partial charge in [-0.3, -0.25) is 4.79 Å². The first-order valence-electron chi connectivity index (χ1n) is 3.66. The molecule has 1 atom stereocenters. The number of β-amino-alcohol motifs (C(OH)–C–C–N with tert-alkyl or cyclic N) is 1. The summed E-state index contributed by atoms with van der Waals surface area (Å²) in [5.74, 6) is -0.351. The highest BCUT2D eigenvalue weighted by molar-refractivity contribution is 5.85. The van der Waals surface area contributed by atoms with Crippen LogP contribution in [0.2, 0.25) is 0 Å². The Morgan fingerprint density at radius 3 is 2.83 bits per heavy atom. The molecule has 0 aliphatic carbocycles. The number of hydrogen-bond donors (Lipinski definition) is 2. The topological polar surface area (TPSA) is 58.6 Å². The standard InChI is InChI=1S/C7H13NO3.ClH/c1-11-6(9)4-7(10)2-3-8-5-7;/h8,10H,2-5H2,1H3;1H. The summed E-state index contributed by atoms with van der Waals surface area (Å²) in [7, 11) is 1.33. The number of hydrogen-bond acceptors (Lipinski definition) is 4. The number of carbonyl (C=O) groups excluding carboxylic acids is 1. The van der Waals surface area contributed by atoms with Gasteiger partial charge in [-0.25, -0.2) is 0 Å². The van der Waals surface area contributed by atoms with Crippen LogP contribution in [0.4, 0.5) is 0 Å². The third-order valence-electron chi connectivity index (χ3n) is 1.92. The summed E-state index contributed by atoms with van der Waals surface area (Å²) in [5.41, 5.74) is -0.868. The van der Waals surface area contributed by atoms with Crippen LogP contribution >= 0.6 is 12.4 Å². The number of carbonyl (C=O) groups is 1. The van der Waals surface area contributed by atoms with Gasteiger partial charge in [-0.1, -0.05) is 0 Å². The Labute approximate surface area is 77.7 Å². The second kappa shape index (κ2) is 4.64. The molecule has 0 aromatic carbocycles. The van der Waals surface area contributed by atoms with Crippen LogP contribution in [0.15, 0.2) is 0 Å². The number of aliphatic hydroxyl groups is 1. The van der Waals surface area contributed by atoms with E-state index in [4.69, 9.17) is 0 Å². The van der Waals surface area contributed by atoms with E-state index in [9.17, 15) is 9.90 Å². The van der Waals surface area contributed by atoms with E-state index in [2.05, 4.69) is 10.1 Å². The van der Waals surface area contributed by atoms with E-state index < -0.39 is 5.60 Å². The molecule has 1 unspecified atom stereocenters. The van der Waals surface area contributed by atoms with Crippen molar-refractivity contribution in [1.29, 1.82) is 0 Å². The number of esters is 1. The van der Waals surface area contributed by atoms with E-state index in [0.717, 1.165) is 6.54 Å². The van der Waals surface area contributed by atoms with E-state index in [1.165, 1.54) is 7.11 Å². The number of methoxy groups -OCH3 is 1. The molecular weight excluding hydrogens is 182 g/mol. The second-order valence-corrected chi connectivity index (χ2v) is 2.90. The van der Waals surface area contributed by atoms with Gasteiger partial charge in [0.05, 0.1) is 19.1 Å². The van der Waals surface area contributed by atoms with Gasteiger partial charge in [-0.2, -0.15) is 0 Å². The molecule has 1 fully saturated rings. The minimum atomic E-state index is -0.868. The van der Waals surface area contributed by atoms with Crippen molar-refractivity contribution in [3.8, 4) is 0 Å². The van der Waals surface area contributed by atoms with Crippen molar-refractivity contribution in [3.63, 3.8) is 0 Å². The minimum absolute atomic E-state index is 0. The molecule has 0 aromatic heterocycles. The van der Waals surface area contributed by atoms with Gasteiger partial charge < -0.3 is 15.2 Å². The zero-order valence-electron chi connectivity index (χ0n) is 7.00. The Morgan fingerprint density at radius 1 is 1.75 bits per heavy atom. The summed E-state index contributed by atoms with van der Waals surface area (Å²) in [5, 5.41) is 12.6. The van der Waals surface area contributed by atoms with Crippen LogP contribution in [0.1, 0.15) is 12.8 Å². The van der Waals surface area contributed by atoms with Gasteiger partial charge in [0.1, 0.15) is 0 Å². The lowest BCUT2D eigenvalue weighted by Crippen LogP contribution is -2.34. The zero-order chi connectivity index (χ0) is 8.32. The number of halogens is 1. The van der Waals surface area contributed by atoms with Crippen molar-refractivity contribution in [2.45, 2.75) is 18.4 Å². The molecule has 4 nitrogen and oxygen atoms in total. The summed E-state index contributed by atoms with van der Waals surface area (Å²) in [4.78, 5) is 10.8. The van der Waals surface area contributed by atoms with E-state index >= 15 is 0 Å². The number of nitrogens with one attached hydrogen (secondary N) is 1. The van der Waals surface area contributed by atoms with Crippen molar-refractivity contribution in [3.05, 3.63) is 0 Å². The molecule has 0 bridgehead atoms. The lowest BCUT2D eigenvalue weighted by molar-refractivity contribution is -0.145. The lowest BCUT2D eigenvalue weighted by atomic mass is 9.99. The van der Waals surface area contributed by atoms with Crippen molar-refractivity contribution >= 4 is 18.4 Å². The second-order valence-electron chi connectivity index (χ2n) is 2.90. The third kappa shape index (κ3) is 2.97. The van der Waals surface area contributed by atoms with Crippen LogP contribution in [0, 0.1) is 0 Å². The summed E-state index contributed by atoms with van der Waals surface area (Å²) in [6, 6.07) is 0. The molecular formula is C7H14ClNO3. The molecule has 5 heteroatoms. The normalized spacial score (nSPS) is 27.8. The molecule has 1 aliphatic rings. The highest BCUT2D eigenvalue weighted by Crippen LogP contribution is 2.18. The van der Waals surface area contributed by atoms with Gasteiger partial charge in [-0.15, -0.1) is 12.4 Å². The van der Waals surface area contributed by atoms with Gasteiger partial charge >= 0.3 is 5.97 Å². The van der Waals surface area contributed by atoms with Crippen molar-refractivity contribution in [2.75, 3.05) is 20.2 Å². The Morgan fingerprint density at radius 2 is 2.42 bits per heavy atom. The Bertz CT molecular complexity index is 157. The van der Waals surface area contributed by atoms with Crippen LogP contribution < -0.4 is 5.32 Å². The average Bonchev–Trinajstić information content (AvgIpc) is 2.36. The summed E-state index contributed by atoms with van der Waals surface area (Å²) < 4.78 is 4.45. The van der Waals surface area contributed by atoms with Gasteiger partial charge in [0.15, 0.2) is 0 Å². The van der Waals surface area contributed by atoms with Crippen LogP contribution in [0.25, 0.3) is 0 Å². The smallest absolute Gasteiger partial charge is 0.308 e. The molecule has 1 aliphatic heterocycles. The third-order valence-corrected chi connectivity index (χ3v) is 1.92. The highest BCUT2D eigenvalue weighted by atomic mass is 35.5. The lowest BCUT2D eigenvalue weighted by Gasteiger charge is -2.18. The Hall–Kier alpha value is -0.320. The predicted molar refractivity (Wildman–Crippen MR) is 46.3 cm³/mol. The zero-order valence-corrected chi connectivity index (χ0v) is 7.82. The van der Waals surface area contributed by atoms with Crippen molar-refractivity contribution < 1.29 is 14.6 Å². The minimum Gasteiger partial charge on any atom is -0.469 e. The molecule has 0 radical (unpaired) electrons. The molecule has 1 saturated heterocycles. The predicted octanol–water partition coefficient (Wildman–Crippen LogP) is -0.304. The molecule has 0 aromatic rings. The quantitative estimate of drug-likeness (QED) is 0.594. The summed E-state index contributed by atoms with van der Waals surface area (Å²) in [6.07, 6.45) is 0.721. The average molecular weight is 196 g/mol. The first kappa shape index (κ1) is 11.7. The molecule has 0 spiro atoms. The molecule has 12 heavy (non-hydrogen) atoms. The maximum absolute atomic E-state index is 10.8. The molecule has 1 rings (SSSR count). The molecule has 72 valence electrons. The van der Waals surface area contributed by atoms with E-state index in [0.29, 0.717) is 13.0 Å². The van der Waals surface area contributed by atoms with Crippen LogP contribution in [-0.4, -0.2) is 36.9 Å². The van der Waals surface area contributed by atoms with Gasteiger partial charge in [0, 0.05) is 6.54 Å². The Balaban J connectivity index is 0.00000121. The fourth-order valence-electron chi connectivity index (χ4n) is 1.22. The molecule has 0 amide bonds. The summed E-state index contributed by atoms with van der Waals surface area (Å²) >= 11 is 0. The van der Waals surface area contributed by atoms with Gasteiger partial charge in [-0.05, 0) is 13.0 Å². The van der Waals surface area contributed by atoms with E-state index in [1.807, 2.05) is 0 Å². The molecule has 1 heterocycles. The molecule has 2 N–H and O–H groups in total. The van der Waals surface area contributed by atoms with Crippen molar-refractivity contribution in [2.24, 2.45) is 0 Å². The Kier molecular flexibility index (Phi) is 4.52. The van der Waals surface area contributed by atoms with Gasteiger partial charge in [0.2, 0.25) is 0 Å². The van der Waals surface area contributed by atoms with Crippen molar-refractivity contribution in [1.82, 2.24) is 5.32 Å². The number of ether oxygens (including phenoxy) is 1. The van der Waals surface area contributed by atoms with E-state index in [-0.39, 0.29) is 24.8 Å². The monoisotopic (exact) mass is 195 g/mol.